The molecule has 2 aromatic carbocycles. The lowest BCUT2D eigenvalue weighted by Gasteiger charge is -2.22. The smallest absolute Gasteiger partial charge is 0.269 e. The number of rotatable bonds is 11. The molecule has 0 saturated carbocycles. The van der Waals surface area contributed by atoms with Gasteiger partial charge in [-0.1, -0.05) is 53.0 Å². The number of amides is 1. The zero-order valence-electron chi connectivity index (χ0n) is 21.5. The highest BCUT2D eigenvalue weighted by molar-refractivity contribution is 6.53. The van der Waals surface area contributed by atoms with Crippen molar-refractivity contribution in [2.75, 3.05) is 27.2 Å². The predicted molar refractivity (Wildman–Crippen MR) is 153 cm³/mol. The number of nitro benzene ring substituents is 1. The van der Waals surface area contributed by atoms with E-state index in [1.807, 2.05) is 30.5 Å². The number of halogens is 3. The number of benzene rings is 2. The number of aromatic nitrogens is 1. The maximum absolute atomic E-state index is 11.3. The molecule has 3 rings (SSSR count). The molecule has 3 atom stereocenters. The Morgan fingerprint density at radius 3 is 2.15 bits per heavy atom. The van der Waals surface area contributed by atoms with Crippen LogP contribution in [0.15, 0.2) is 72.9 Å². The standard InChI is InChI=1S/C16H19ClN2.C11H12Cl2N2O5/c1-19(2)12-10-15(16-5-3-4-11-18-16)13-6-8-14(17)9-7-13;12-10(13)11(18)14-8(5-16)9(17)6-1-3-7(4-2-6)15(19)20/h3-9,11,15H,10,12H2,1-2H3;1-4,8-10,16-17H,5H2,(H,14,18)/t;8-,9-/m.1/s1. The number of nitrogens with one attached hydrogen (secondary N) is 1. The molecule has 1 aromatic heterocycles. The van der Waals surface area contributed by atoms with Gasteiger partial charge < -0.3 is 20.4 Å². The van der Waals surface area contributed by atoms with Crippen LogP contribution in [0.5, 0.6) is 0 Å². The van der Waals surface area contributed by atoms with Gasteiger partial charge >= 0.3 is 0 Å². The summed E-state index contributed by atoms with van der Waals surface area (Å²) in [6.07, 6.45) is 1.65. The van der Waals surface area contributed by atoms with E-state index >= 15 is 0 Å². The lowest BCUT2D eigenvalue weighted by molar-refractivity contribution is -0.384. The van der Waals surface area contributed by atoms with Gasteiger partial charge in [-0.15, -0.1) is 0 Å². The van der Waals surface area contributed by atoms with Crippen molar-refractivity contribution in [2.45, 2.75) is 29.3 Å². The van der Waals surface area contributed by atoms with Crippen molar-refractivity contribution in [2.24, 2.45) is 0 Å². The van der Waals surface area contributed by atoms with E-state index < -0.39 is 34.4 Å². The number of nitrogens with zero attached hydrogens (tertiary/aromatic N) is 3. The summed E-state index contributed by atoms with van der Waals surface area (Å²) in [7, 11) is 4.19. The van der Waals surface area contributed by atoms with Crippen molar-refractivity contribution in [1.82, 2.24) is 15.2 Å². The minimum absolute atomic E-state index is 0.132. The van der Waals surface area contributed by atoms with E-state index in [1.165, 1.54) is 29.8 Å². The average Bonchev–Trinajstić information content (AvgIpc) is 2.93. The monoisotopic (exact) mass is 596 g/mol. The molecule has 0 radical (unpaired) electrons. The molecule has 0 spiro atoms. The van der Waals surface area contributed by atoms with E-state index in [1.54, 1.807) is 0 Å². The second kappa shape index (κ2) is 16.3. The third kappa shape index (κ3) is 10.7. The van der Waals surface area contributed by atoms with Crippen molar-refractivity contribution in [3.63, 3.8) is 0 Å². The second-order valence-electron chi connectivity index (χ2n) is 8.84. The summed E-state index contributed by atoms with van der Waals surface area (Å²) in [5.74, 6) is -0.436. The molecule has 0 bridgehead atoms. The number of nitro groups is 1. The van der Waals surface area contributed by atoms with Crippen LogP contribution in [0.25, 0.3) is 0 Å². The van der Waals surface area contributed by atoms with Crippen LogP contribution < -0.4 is 5.32 Å². The number of hydrogen-bond acceptors (Lipinski definition) is 7. The topological polar surface area (TPSA) is 129 Å². The summed E-state index contributed by atoms with van der Waals surface area (Å²) in [5, 5.41) is 32.7. The number of pyridine rings is 1. The molecule has 12 heteroatoms. The Labute approximate surface area is 242 Å². The van der Waals surface area contributed by atoms with Gasteiger partial charge in [0.1, 0.15) is 6.10 Å². The van der Waals surface area contributed by atoms with Gasteiger partial charge in [-0.05, 0) is 74.6 Å². The number of non-ortho nitro benzene ring substituents is 1. The second-order valence-corrected chi connectivity index (χ2v) is 10.4. The largest absolute Gasteiger partial charge is 0.394 e. The van der Waals surface area contributed by atoms with E-state index in [2.05, 4.69) is 47.5 Å². The fraction of sp³-hybridized carbons (Fsp3) is 0.333. The molecule has 0 saturated heterocycles. The van der Waals surface area contributed by atoms with Crippen LogP contribution in [-0.4, -0.2) is 69.1 Å². The third-order valence-electron chi connectivity index (χ3n) is 5.73. The van der Waals surface area contributed by atoms with Crippen LogP contribution in [-0.2, 0) is 4.79 Å². The van der Waals surface area contributed by atoms with E-state index in [9.17, 15) is 20.0 Å². The van der Waals surface area contributed by atoms with Crippen molar-refractivity contribution < 1.29 is 19.9 Å². The summed E-state index contributed by atoms with van der Waals surface area (Å²) in [5.41, 5.74) is 2.55. The Bertz CT molecular complexity index is 1170. The van der Waals surface area contributed by atoms with Crippen LogP contribution in [0.2, 0.25) is 5.02 Å². The highest BCUT2D eigenvalue weighted by atomic mass is 35.5. The SMILES string of the molecule is CN(C)CCC(c1ccc(Cl)cc1)c1ccccn1.O=C(N[C@H](CO)[C@H](O)c1ccc([N+](=O)[O-])cc1)C(Cl)Cl. The first-order chi connectivity index (χ1) is 18.5. The number of aliphatic hydroxyl groups excluding tert-OH is 2. The van der Waals surface area contributed by atoms with Gasteiger partial charge in [0.2, 0.25) is 0 Å². The molecule has 3 N–H and O–H groups in total. The molecule has 0 fully saturated rings. The molecular weight excluding hydrogens is 567 g/mol. The fourth-order valence-electron chi connectivity index (χ4n) is 3.65. The Morgan fingerprint density at radius 1 is 1.05 bits per heavy atom. The Balaban J connectivity index is 0.000000274. The van der Waals surface area contributed by atoms with Gasteiger partial charge in [0.25, 0.3) is 11.6 Å². The molecule has 1 amide bonds. The molecular formula is C27H31Cl3N4O5. The normalized spacial score (nSPS) is 13.3. The first-order valence-electron chi connectivity index (χ1n) is 12.0. The lowest BCUT2D eigenvalue weighted by Crippen LogP contribution is -2.44. The van der Waals surface area contributed by atoms with Crippen LogP contribution in [0.3, 0.4) is 0 Å². The van der Waals surface area contributed by atoms with Crippen LogP contribution in [0.1, 0.15) is 35.3 Å². The Kier molecular flexibility index (Phi) is 13.6. The van der Waals surface area contributed by atoms with Gasteiger partial charge in [0.05, 0.1) is 17.6 Å². The first kappa shape index (κ1) is 32.4. The third-order valence-corrected chi connectivity index (χ3v) is 6.38. The zero-order chi connectivity index (χ0) is 28.9. The number of aliphatic hydroxyl groups is 2. The minimum atomic E-state index is -1.33. The van der Waals surface area contributed by atoms with Gasteiger partial charge in [-0.2, -0.15) is 0 Å². The highest BCUT2D eigenvalue weighted by Gasteiger charge is 2.25. The van der Waals surface area contributed by atoms with Crippen LogP contribution >= 0.6 is 34.8 Å². The summed E-state index contributed by atoms with van der Waals surface area (Å²) < 4.78 is 0. The summed E-state index contributed by atoms with van der Waals surface area (Å²) in [6, 6.07) is 18.2. The van der Waals surface area contributed by atoms with E-state index in [4.69, 9.17) is 39.9 Å². The molecule has 0 aliphatic carbocycles. The quantitative estimate of drug-likeness (QED) is 0.166. The molecule has 1 unspecified atom stereocenters. The van der Waals surface area contributed by atoms with Crippen LogP contribution in [0.4, 0.5) is 5.69 Å². The lowest BCUT2D eigenvalue weighted by atomic mass is 9.92. The van der Waals surface area contributed by atoms with Gasteiger partial charge in [-0.3, -0.25) is 19.9 Å². The van der Waals surface area contributed by atoms with Gasteiger partial charge in [-0.25, -0.2) is 0 Å². The minimum Gasteiger partial charge on any atom is -0.394 e. The van der Waals surface area contributed by atoms with Crippen LogP contribution in [0, 0.1) is 10.1 Å². The van der Waals surface area contributed by atoms with Crippen molar-refractivity contribution in [1.29, 1.82) is 0 Å². The molecule has 0 aliphatic heterocycles. The van der Waals surface area contributed by atoms with E-state index in [0.717, 1.165) is 23.7 Å². The molecule has 9 nitrogen and oxygen atoms in total. The summed E-state index contributed by atoms with van der Waals surface area (Å²) >= 11 is 16.7. The van der Waals surface area contributed by atoms with E-state index in [0.29, 0.717) is 11.5 Å². The maximum atomic E-state index is 11.3. The summed E-state index contributed by atoms with van der Waals surface area (Å²) in [4.78, 5) is 26.6. The zero-order valence-corrected chi connectivity index (χ0v) is 23.7. The molecule has 210 valence electrons. The fourth-order valence-corrected chi connectivity index (χ4v) is 3.90. The van der Waals surface area contributed by atoms with Gasteiger partial charge in [0, 0.05) is 35.0 Å². The molecule has 0 aliphatic rings. The Morgan fingerprint density at radius 2 is 1.67 bits per heavy atom. The molecule has 1 heterocycles. The maximum Gasteiger partial charge on any atom is 0.269 e. The summed E-state index contributed by atoms with van der Waals surface area (Å²) in [6.45, 7) is 0.480. The first-order valence-corrected chi connectivity index (χ1v) is 13.2. The highest BCUT2D eigenvalue weighted by Crippen LogP contribution is 2.27. The number of hydrogen-bond donors (Lipinski definition) is 3. The Hall–Kier alpha value is -2.79. The molecule has 39 heavy (non-hydrogen) atoms. The van der Waals surface area contributed by atoms with Crippen molar-refractivity contribution >= 4 is 46.4 Å². The van der Waals surface area contributed by atoms with E-state index in [-0.39, 0.29) is 5.69 Å². The average molecular weight is 598 g/mol. The number of alkyl halides is 2. The van der Waals surface area contributed by atoms with Gasteiger partial charge in [0.15, 0.2) is 4.84 Å². The predicted octanol–water partition coefficient (Wildman–Crippen LogP) is 4.73. The number of carbonyl (C=O) groups excluding carboxylic acids is 1. The van der Waals surface area contributed by atoms with Crippen molar-refractivity contribution in [3.05, 3.63) is 105 Å². The molecule has 3 aromatic rings. The number of carbonyl (C=O) groups is 1. The van der Waals surface area contributed by atoms with Crippen molar-refractivity contribution in [3.8, 4) is 0 Å².